The lowest BCUT2D eigenvalue weighted by atomic mass is 10.2. The number of anilines is 1. The van der Waals surface area contributed by atoms with Gasteiger partial charge in [0.05, 0.1) is 22.0 Å². The molecule has 1 fully saturated rings. The molecule has 0 bridgehead atoms. The summed E-state index contributed by atoms with van der Waals surface area (Å²) in [7, 11) is 1.86. The predicted octanol–water partition coefficient (Wildman–Crippen LogP) is 2.54. The largest absolute Gasteiger partial charge is 0.352 e. The number of carbonyl (C=O) groups excluding carboxylic acids is 1. The first-order chi connectivity index (χ1) is 13.2. The molecule has 5 rings (SSSR count). The zero-order valence-corrected chi connectivity index (χ0v) is 15.7. The van der Waals surface area contributed by atoms with Gasteiger partial charge in [-0.3, -0.25) is 14.5 Å². The van der Waals surface area contributed by atoms with E-state index in [0.29, 0.717) is 18.7 Å². The van der Waals surface area contributed by atoms with Crippen LogP contribution in [0.2, 0.25) is 0 Å². The van der Waals surface area contributed by atoms with Crippen LogP contribution in [0.4, 0.5) is 5.82 Å². The minimum Gasteiger partial charge on any atom is -0.352 e. The molecule has 0 unspecified atom stereocenters. The fourth-order valence-corrected chi connectivity index (χ4v) is 4.34. The van der Waals surface area contributed by atoms with Crippen molar-refractivity contribution in [3.8, 4) is 0 Å². The molecule has 0 N–H and O–H groups in total. The third kappa shape index (κ3) is 2.73. The van der Waals surface area contributed by atoms with Gasteiger partial charge >= 0.3 is 0 Å². The molecule has 4 aromatic rings. The van der Waals surface area contributed by atoms with E-state index in [-0.39, 0.29) is 5.91 Å². The van der Waals surface area contributed by atoms with Gasteiger partial charge in [0.1, 0.15) is 11.3 Å². The number of benzene rings is 1. The molecule has 0 atom stereocenters. The van der Waals surface area contributed by atoms with Gasteiger partial charge in [-0.05, 0) is 29.7 Å². The molecule has 8 heteroatoms. The number of amides is 1. The monoisotopic (exact) mass is 378 g/mol. The maximum absolute atomic E-state index is 12.9. The lowest BCUT2D eigenvalue weighted by Crippen LogP contribution is -2.49. The normalized spacial score (nSPS) is 15.0. The summed E-state index contributed by atoms with van der Waals surface area (Å²) >= 11 is 1.53. The Morgan fingerprint density at radius 1 is 1.11 bits per heavy atom. The highest BCUT2D eigenvalue weighted by Gasteiger charge is 2.25. The van der Waals surface area contributed by atoms with Gasteiger partial charge in [0.15, 0.2) is 0 Å². The van der Waals surface area contributed by atoms with E-state index in [1.165, 1.54) is 21.6 Å². The Hall–Kier alpha value is -3.00. The van der Waals surface area contributed by atoms with Crippen molar-refractivity contribution < 1.29 is 4.79 Å². The molecule has 0 spiro atoms. The summed E-state index contributed by atoms with van der Waals surface area (Å²) in [6.07, 6.45) is 3.35. The summed E-state index contributed by atoms with van der Waals surface area (Å²) in [6, 6.07) is 10.2. The van der Waals surface area contributed by atoms with E-state index >= 15 is 0 Å². The SMILES string of the molecule is Cn1ncc2ncc(C(=O)N3CCN(c4nsc5ccccc45)CC3)cc21. The molecule has 0 saturated carbocycles. The Kier molecular flexibility index (Phi) is 3.78. The maximum atomic E-state index is 12.9. The van der Waals surface area contributed by atoms with Gasteiger partial charge in [-0.1, -0.05) is 12.1 Å². The Balaban J connectivity index is 1.33. The topological polar surface area (TPSA) is 67.2 Å². The average molecular weight is 378 g/mol. The van der Waals surface area contributed by atoms with Crippen molar-refractivity contribution in [1.29, 1.82) is 0 Å². The highest BCUT2D eigenvalue weighted by Crippen LogP contribution is 2.30. The van der Waals surface area contributed by atoms with Crippen LogP contribution in [0.5, 0.6) is 0 Å². The summed E-state index contributed by atoms with van der Waals surface area (Å²) in [5, 5.41) is 5.38. The first kappa shape index (κ1) is 16.2. The van der Waals surface area contributed by atoms with E-state index < -0.39 is 0 Å². The minimum absolute atomic E-state index is 0.0217. The molecule has 0 aliphatic carbocycles. The zero-order chi connectivity index (χ0) is 18.4. The predicted molar refractivity (Wildman–Crippen MR) is 106 cm³/mol. The van der Waals surface area contributed by atoms with Crippen LogP contribution < -0.4 is 4.90 Å². The second kappa shape index (κ2) is 6.31. The zero-order valence-electron chi connectivity index (χ0n) is 14.9. The van der Waals surface area contributed by atoms with Crippen LogP contribution in [0.3, 0.4) is 0 Å². The van der Waals surface area contributed by atoms with Gasteiger partial charge < -0.3 is 9.80 Å². The van der Waals surface area contributed by atoms with Gasteiger partial charge in [-0.15, -0.1) is 0 Å². The summed E-state index contributed by atoms with van der Waals surface area (Å²) < 4.78 is 7.57. The minimum atomic E-state index is 0.0217. The average Bonchev–Trinajstić information content (AvgIpc) is 3.31. The van der Waals surface area contributed by atoms with Crippen LogP contribution in [0.1, 0.15) is 10.4 Å². The molecule has 136 valence electrons. The number of piperazine rings is 1. The quantitative estimate of drug-likeness (QED) is 0.536. The number of carbonyl (C=O) groups is 1. The van der Waals surface area contributed by atoms with Gasteiger partial charge in [-0.25, -0.2) is 0 Å². The molecular formula is C19H18N6OS. The third-order valence-electron chi connectivity index (χ3n) is 5.07. The van der Waals surface area contributed by atoms with Crippen LogP contribution in [0.15, 0.2) is 42.7 Å². The van der Waals surface area contributed by atoms with E-state index in [0.717, 1.165) is 29.9 Å². The van der Waals surface area contributed by atoms with Crippen LogP contribution in [-0.2, 0) is 7.05 Å². The fourth-order valence-electron chi connectivity index (χ4n) is 3.55. The van der Waals surface area contributed by atoms with Crippen molar-refractivity contribution >= 4 is 44.4 Å². The fraction of sp³-hybridized carbons (Fsp3) is 0.263. The number of nitrogens with zero attached hydrogens (tertiary/aromatic N) is 6. The number of rotatable bonds is 2. The van der Waals surface area contributed by atoms with Crippen molar-refractivity contribution in [3.63, 3.8) is 0 Å². The van der Waals surface area contributed by atoms with Crippen molar-refractivity contribution in [2.45, 2.75) is 0 Å². The Morgan fingerprint density at radius 2 is 1.93 bits per heavy atom. The number of pyridine rings is 1. The van der Waals surface area contributed by atoms with Crippen molar-refractivity contribution in [2.75, 3.05) is 31.1 Å². The maximum Gasteiger partial charge on any atom is 0.255 e. The standard InChI is InChI=1S/C19H18N6OS/c1-23-16-10-13(11-20-15(16)12-21-23)19(26)25-8-6-24(7-9-25)18-14-4-2-3-5-17(14)27-22-18/h2-5,10-12H,6-9H2,1H3. The van der Waals surface area contributed by atoms with E-state index in [1.807, 2.05) is 30.1 Å². The molecule has 1 aliphatic rings. The second-order valence-corrected chi connectivity index (χ2v) is 7.48. The molecule has 4 heterocycles. The molecule has 7 nitrogen and oxygen atoms in total. The molecule has 0 radical (unpaired) electrons. The highest BCUT2D eigenvalue weighted by atomic mass is 32.1. The summed E-state index contributed by atoms with van der Waals surface area (Å²) in [5.74, 6) is 1.05. The van der Waals surface area contributed by atoms with Gasteiger partial charge in [0, 0.05) is 44.8 Å². The molecule has 27 heavy (non-hydrogen) atoms. The number of aryl methyl sites for hydroxylation is 1. The first-order valence-corrected chi connectivity index (χ1v) is 9.64. The Bertz CT molecular complexity index is 1140. The summed E-state index contributed by atoms with van der Waals surface area (Å²) in [5.41, 5.74) is 2.28. The molecule has 1 aromatic carbocycles. The number of aromatic nitrogens is 4. The van der Waals surface area contributed by atoms with Gasteiger partial charge in [0.2, 0.25) is 0 Å². The van der Waals surface area contributed by atoms with Crippen LogP contribution in [-0.4, -0.2) is 56.1 Å². The summed E-state index contributed by atoms with van der Waals surface area (Å²) in [4.78, 5) is 21.4. The smallest absolute Gasteiger partial charge is 0.255 e. The molecule has 3 aromatic heterocycles. The van der Waals surface area contributed by atoms with Gasteiger partial charge in [-0.2, -0.15) is 9.47 Å². The first-order valence-electron chi connectivity index (χ1n) is 8.87. The number of fused-ring (bicyclic) bond motifs is 2. The van der Waals surface area contributed by atoms with Crippen LogP contribution >= 0.6 is 11.5 Å². The van der Waals surface area contributed by atoms with Gasteiger partial charge in [0.25, 0.3) is 5.91 Å². The molecular weight excluding hydrogens is 360 g/mol. The second-order valence-electron chi connectivity index (χ2n) is 6.68. The Labute approximate surface area is 160 Å². The van der Waals surface area contributed by atoms with E-state index in [1.54, 1.807) is 17.1 Å². The molecule has 1 amide bonds. The third-order valence-corrected chi connectivity index (χ3v) is 5.89. The Morgan fingerprint density at radius 3 is 2.78 bits per heavy atom. The van der Waals surface area contributed by atoms with Crippen molar-refractivity contribution in [3.05, 3.63) is 48.3 Å². The van der Waals surface area contributed by atoms with E-state index in [4.69, 9.17) is 0 Å². The molecule has 1 aliphatic heterocycles. The molecule has 1 saturated heterocycles. The number of hydrogen-bond acceptors (Lipinski definition) is 6. The van der Waals surface area contributed by atoms with Crippen molar-refractivity contribution in [1.82, 2.24) is 24.0 Å². The van der Waals surface area contributed by atoms with Crippen LogP contribution in [0.25, 0.3) is 21.1 Å². The lowest BCUT2D eigenvalue weighted by molar-refractivity contribution is 0.0746. The van der Waals surface area contributed by atoms with Crippen LogP contribution in [0, 0.1) is 0 Å². The van der Waals surface area contributed by atoms with E-state index in [2.05, 4.69) is 31.5 Å². The number of hydrogen-bond donors (Lipinski definition) is 0. The highest BCUT2D eigenvalue weighted by molar-refractivity contribution is 7.13. The van der Waals surface area contributed by atoms with E-state index in [9.17, 15) is 4.79 Å². The lowest BCUT2D eigenvalue weighted by Gasteiger charge is -2.35. The van der Waals surface area contributed by atoms with Crippen molar-refractivity contribution in [2.24, 2.45) is 7.05 Å². The summed E-state index contributed by atoms with van der Waals surface area (Å²) in [6.45, 7) is 2.91.